The van der Waals surface area contributed by atoms with Gasteiger partial charge in [0.2, 0.25) is 0 Å². The molecule has 2 aromatic heterocycles. The Labute approximate surface area is 187 Å². The second-order valence-corrected chi connectivity index (χ2v) is 8.08. The molecule has 3 heterocycles. The monoisotopic (exact) mass is 431 g/mol. The summed E-state index contributed by atoms with van der Waals surface area (Å²) in [5.41, 5.74) is 2.57. The number of hydrogen-bond acceptors (Lipinski definition) is 7. The van der Waals surface area contributed by atoms with E-state index in [0.29, 0.717) is 23.0 Å². The topological polar surface area (TPSA) is 81.0 Å². The van der Waals surface area contributed by atoms with E-state index in [1.807, 2.05) is 44.2 Å². The molecule has 32 heavy (non-hydrogen) atoms. The number of rotatable bonds is 5. The second-order valence-electron chi connectivity index (χ2n) is 8.08. The first kappa shape index (κ1) is 21.7. The summed E-state index contributed by atoms with van der Waals surface area (Å²) in [6.45, 7) is 1.75. The molecule has 1 aliphatic heterocycles. The van der Waals surface area contributed by atoms with Crippen molar-refractivity contribution in [2.45, 2.75) is 18.9 Å². The maximum absolute atomic E-state index is 14.4. The van der Waals surface area contributed by atoms with Gasteiger partial charge in [-0.3, -0.25) is 4.98 Å². The average Bonchev–Trinajstić information content (AvgIpc) is 2.83. The summed E-state index contributed by atoms with van der Waals surface area (Å²) in [6, 6.07) is 10.8. The molecule has 0 aliphatic carbocycles. The lowest BCUT2D eigenvalue weighted by Crippen LogP contribution is -2.41. The van der Waals surface area contributed by atoms with Gasteiger partial charge in [-0.2, -0.15) is 5.26 Å². The summed E-state index contributed by atoms with van der Waals surface area (Å²) in [4.78, 5) is 18.2. The predicted molar refractivity (Wildman–Crippen MR) is 124 cm³/mol. The van der Waals surface area contributed by atoms with Crippen molar-refractivity contribution >= 4 is 11.6 Å². The number of anilines is 2. The summed E-state index contributed by atoms with van der Waals surface area (Å²) in [6.07, 6.45) is 5.58. The van der Waals surface area contributed by atoms with Crippen LogP contribution in [0.25, 0.3) is 22.5 Å². The Morgan fingerprint density at radius 1 is 1.06 bits per heavy atom. The highest BCUT2D eigenvalue weighted by Crippen LogP contribution is 2.32. The van der Waals surface area contributed by atoms with Crippen molar-refractivity contribution in [2.75, 3.05) is 44.0 Å². The van der Waals surface area contributed by atoms with Crippen LogP contribution >= 0.6 is 0 Å². The van der Waals surface area contributed by atoms with E-state index in [4.69, 9.17) is 15.2 Å². The van der Waals surface area contributed by atoms with Gasteiger partial charge in [0.25, 0.3) is 0 Å². The molecule has 0 radical (unpaired) electrons. The number of pyridine rings is 1. The summed E-state index contributed by atoms with van der Waals surface area (Å²) in [7, 11) is 5.85. The maximum Gasteiger partial charge on any atom is 0.147 e. The van der Waals surface area contributed by atoms with Gasteiger partial charge in [0, 0.05) is 50.6 Å². The Hall–Kier alpha value is -3.57. The molecule has 4 rings (SSSR count). The van der Waals surface area contributed by atoms with Crippen molar-refractivity contribution in [1.29, 1.82) is 5.26 Å². The van der Waals surface area contributed by atoms with E-state index in [2.05, 4.69) is 15.2 Å². The molecule has 7 nitrogen and oxygen atoms in total. The van der Waals surface area contributed by atoms with E-state index < -0.39 is 5.82 Å². The number of hydrogen-bond donors (Lipinski definition) is 1. The molecule has 1 N–H and O–H groups in total. The van der Waals surface area contributed by atoms with Gasteiger partial charge in [0.15, 0.2) is 0 Å². The summed E-state index contributed by atoms with van der Waals surface area (Å²) >= 11 is 0. The number of piperidine rings is 1. The Balaban J connectivity index is 1.77. The van der Waals surface area contributed by atoms with Crippen LogP contribution in [0.3, 0.4) is 0 Å². The zero-order valence-corrected chi connectivity index (χ0v) is 18.5. The highest BCUT2D eigenvalue weighted by molar-refractivity contribution is 5.79. The van der Waals surface area contributed by atoms with Crippen LogP contribution in [0, 0.1) is 17.1 Å². The van der Waals surface area contributed by atoms with Gasteiger partial charge in [-0.1, -0.05) is 6.07 Å². The quantitative estimate of drug-likeness (QED) is 0.662. The summed E-state index contributed by atoms with van der Waals surface area (Å²) in [5.74, 6) is 1.02. The Kier molecular flexibility index (Phi) is 6.28. The van der Waals surface area contributed by atoms with E-state index in [1.165, 1.54) is 12.1 Å². The van der Waals surface area contributed by atoms with Crippen LogP contribution < -0.4 is 15.1 Å². The van der Waals surface area contributed by atoms with E-state index >= 15 is 0 Å². The largest absolute Gasteiger partial charge is 0.363 e. The number of benzene rings is 1. The Bertz CT molecular complexity index is 1130. The van der Waals surface area contributed by atoms with Gasteiger partial charge in [0.1, 0.15) is 23.5 Å². The highest BCUT2D eigenvalue weighted by atomic mass is 19.1. The van der Waals surface area contributed by atoms with Crippen molar-refractivity contribution in [3.63, 3.8) is 0 Å². The predicted octanol–water partition coefficient (Wildman–Crippen LogP) is 3.47. The first-order chi connectivity index (χ1) is 15.5. The van der Waals surface area contributed by atoms with Crippen molar-refractivity contribution in [1.82, 2.24) is 20.3 Å². The fraction of sp³-hybridized carbons (Fsp3) is 0.333. The van der Waals surface area contributed by atoms with Crippen LogP contribution in [0.1, 0.15) is 18.4 Å². The minimum atomic E-state index is -0.570. The van der Waals surface area contributed by atoms with Crippen LogP contribution in [0.2, 0.25) is 0 Å². The fourth-order valence-electron chi connectivity index (χ4n) is 3.89. The number of aromatic nitrogens is 3. The lowest BCUT2D eigenvalue weighted by molar-refractivity contribution is 0.440. The molecule has 8 heteroatoms. The van der Waals surface area contributed by atoms with E-state index in [-0.39, 0.29) is 5.56 Å². The molecular formula is C24H26FN7. The smallest absolute Gasteiger partial charge is 0.147 e. The molecule has 1 fully saturated rings. The van der Waals surface area contributed by atoms with E-state index in [1.54, 1.807) is 18.5 Å². The minimum Gasteiger partial charge on any atom is -0.363 e. The van der Waals surface area contributed by atoms with Gasteiger partial charge >= 0.3 is 0 Å². The number of nitriles is 1. The molecule has 3 aromatic rings. The lowest BCUT2D eigenvalue weighted by atomic mass is 10.0. The van der Waals surface area contributed by atoms with Crippen LogP contribution in [0.15, 0.2) is 42.7 Å². The zero-order valence-electron chi connectivity index (χ0n) is 18.5. The third-order valence-corrected chi connectivity index (χ3v) is 5.83. The van der Waals surface area contributed by atoms with Gasteiger partial charge < -0.3 is 15.1 Å². The third-order valence-electron chi connectivity index (χ3n) is 5.83. The van der Waals surface area contributed by atoms with Crippen molar-refractivity contribution in [3.8, 4) is 28.6 Å². The van der Waals surface area contributed by atoms with Gasteiger partial charge in [-0.25, -0.2) is 14.4 Å². The Morgan fingerprint density at radius 3 is 2.41 bits per heavy atom. The maximum atomic E-state index is 14.4. The zero-order chi connectivity index (χ0) is 22.7. The summed E-state index contributed by atoms with van der Waals surface area (Å²) in [5, 5.41) is 12.4. The molecule has 0 bridgehead atoms. The van der Waals surface area contributed by atoms with Crippen LogP contribution in [-0.4, -0.2) is 55.2 Å². The van der Waals surface area contributed by atoms with Gasteiger partial charge in [-0.05, 0) is 44.2 Å². The van der Waals surface area contributed by atoms with Crippen LogP contribution in [0.4, 0.5) is 16.0 Å². The molecule has 0 atom stereocenters. The number of halogens is 1. The molecule has 1 aromatic carbocycles. The second kappa shape index (κ2) is 9.28. The van der Waals surface area contributed by atoms with Crippen molar-refractivity contribution in [3.05, 3.63) is 54.1 Å². The van der Waals surface area contributed by atoms with Crippen molar-refractivity contribution < 1.29 is 4.39 Å². The normalized spacial score (nSPS) is 14.3. The standard InChI is InChI=1S/C24H26FN7/c1-27-19-8-10-32(11-9-19)22-15-29-23(18-6-7-21(28-14-18)31(2)3)24(30-22)16-4-5-17(13-26)20(25)12-16/h4-7,12,14-15,19,27H,8-11H2,1-3H3. The molecule has 0 saturated carbocycles. The SMILES string of the molecule is CNC1CCN(c2cnc(-c3ccc(N(C)C)nc3)c(-c3ccc(C#N)c(F)c3)n2)CC1. The van der Waals surface area contributed by atoms with Crippen LogP contribution in [-0.2, 0) is 0 Å². The third kappa shape index (κ3) is 4.39. The molecule has 0 amide bonds. The average molecular weight is 432 g/mol. The first-order valence-electron chi connectivity index (χ1n) is 10.6. The highest BCUT2D eigenvalue weighted by Gasteiger charge is 2.21. The number of nitrogens with zero attached hydrogens (tertiary/aromatic N) is 6. The van der Waals surface area contributed by atoms with Gasteiger partial charge in [0.05, 0.1) is 23.1 Å². The summed E-state index contributed by atoms with van der Waals surface area (Å²) < 4.78 is 14.4. The fourth-order valence-corrected chi connectivity index (χ4v) is 3.89. The first-order valence-corrected chi connectivity index (χ1v) is 10.6. The van der Waals surface area contributed by atoms with Crippen LogP contribution in [0.5, 0.6) is 0 Å². The molecule has 0 unspecified atom stereocenters. The number of nitrogens with one attached hydrogen (secondary N) is 1. The van der Waals surface area contributed by atoms with E-state index in [9.17, 15) is 4.39 Å². The Morgan fingerprint density at radius 2 is 1.81 bits per heavy atom. The molecular weight excluding hydrogens is 405 g/mol. The minimum absolute atomic E-state index is 0.00514. The lowest BCUT2D eigenvalue weighted by Gasteiger charge is -2.32. The van der Waals surface area contributed by atoms with E-state index in [0.717, 1.165) is 43.1 Å². The van der Waals surface area contributed by atoms with Crippen molar-refractivity contribution in [2.24, 2.45) is 0 Å². The van der Waals surface area contributed by atoms with Gasteiger partial charge in [-0.15, -0.1) is 0 Å². The molecule has 1 aliphatic rings. The molecule has 0 spiro atoms. The molecule has 164 valence electrons. The molecule has 1 saturated heterocycles.